The van der Waals surface area contributed by atoms with Crippen LogP contribution < -0.4 is 9.80 Å². The van der Waals surface area contributed by atoms with Gasteiger partial charge in [0.1, 0.15) is 0 Å². The van der Waals surface area contributed by atoms with Crippen LogP contribution in [0.25, 0.3) is 23.0 Å². The Hall–Kier alpha value is -3.74. The molecular weight excluding hydrogens is 388 g/mol. The molecule has 1 fully saturated rings. The molecule has 0 radical (unpaired) electrons. The van der Waals surface area contributed by atoms with Gasteiger partial charge in [0.05, 0.1) is 0 Å². The van der Waals surface area contributed by atoms with E-state index in [9.17, 15) is 0 Å². The van der Waals surface area contributed by atoms with Gasteiger partial charge in [0.2, 0.25) is 5.82 Å². The number of piperazine rings is 1. The van der Waals surface area contributed by atoms with Crippen LogP contribution in [0.1, 0.15) is 11.1 Å². The largest absolute Gasteiger partial charge is 0.368 e. The molecule has 7 heteroatoms. The normalized spacial score (nSPS) is 14.1. The van der Waals surface area contributed by atoms with E-state index in [0.29, 0.717) is 17.4 Å². The zero-order chi connectivity index (χ0) is 21.2. The highest BCUT2D eigenvalue weighted by Gasteiger charge is 2.20. The van der Waals surface area contributed by atoms with Crippen molar-refractivity contribution in [2.75, 3.05) is 36.0 Å². The summed E-state index contributed by atoms with van der Waals surface area (Å²) in [6.45, 7) is 8.08. The number of benzene rings is 2. The van der Waals surface area contributed by atoms with Crippen LogP contribution in [0.4, 0.5) is 11.5 Å². The van der Waals surface area contributed by atoms with Crippen molar-refractivity contribution in [3.8, 4) is 23.0 Å². The summed E-state index contributed by atoms with van der Waals surface area (Å²) in [6, 6.07) is 20.1. The SMILES string of the molecule is Cc1cccc(N2CCN(c3ccc(-c4nc(-c5ccccc5)no4)nn3)CC2)c1C. The van der Waals surface area contributed by atoms with Gasteiger partial charge in [-0.15, -0.1) is 10.2 Å². The maximum atomic E-state index is 5.39. The molecule has 0 aliphatic carbocycles. The van der Waals surface area contributed by atoms with Gasteiger partial charge in [-0.05, 0) is 43.2 Å². The Balaban J connectivity index is 1.26. The predicted molar refractivity (Wildman–Crippen MR) is 121 cm³/mol. The molecule has 0 N–H and O–H groups in total. The highest BCUT2D eigenvalue weighted by Crippen LogP contribution is 2.26. The molecule has 0 saturated carbocycles. The van der Waals surface area contributed by atoms with Crippen molar-refractivity contribution in [2.45, 2.75) is 13.8 Å². The van der Waals surface area contributed by atoms with Crippen molar-refractivity contribution in [3.63, 3.8) is 0 Å². The smallest absolute Gasteiger partial charge is 0.278 e. The monoisotopic (exact) mass is 412 g/mol. The van der Waals surface area contributed by atoms with Crippen LogP contribution in [0.3, 0.4) is 0 Å². The summed E-state index contributed by atoms with van der Waals surface area (Å²) in [7, 11) is 0. The first-order chi connectivity index (χ1) is 15.2. The van der Waals surface area contributed by atoms with Crippen LogP contribution in [0, 0.1) is 13.8 Å². The van der Waals surface area contributed by atoms with E-state index in [0.717, 1.165) is 37.6 Å². The Morgan fingerprint density at radius 3 is 2.29 bits per heavy atom. The molecule has 1 aliphatic heterocycles. The highest BCUT2D eigenvalue weighted by atomic mass is 16.5. The van der Waals surface area contributed by atoms with Crippen molar-refractivity contribution in [1.82, 2.24) is 20.3 Å². The Morgan fingerprint density at radius 2 is 1.55 bits per heavy atom. The van der Waals surface area contributed by atoms with Crippen molar-refractivity contribution in [3.05, 3.63) is 71.8 Å². The van der Waals surface area contributed by atoms with E-state index < -0.39 is 0 Å². The van der Waals surface area contributed by atoms with Crippen LogP contribution in [0.5, 0.6) is 0 Å². The molecule has 31 heavy (non-hydrogen) atoms. The first-order valence-corrected chi connectivity index (χ1v) is 10.5. The van der Waals surface area contributed by atoms with Crippen molar-refractivity contribution in [2.24, 2.45) is 0 Å². The van der Waals surface area contributed by atoms with Gasteiger partial charge >= 0.3 is 0 Å². The van der Waals surface area contributed by atoms with E-state index in [-0.39, 0.29) is 0 Å². The quantitative estimate of drug-likeness (QED) is 0.499. The second-order valence-electron chi connectivity index (χ2n) is 7.76. The molecule has 5 rings (SSSR count). The van der Waals surface area contributed by atoms with Crippen LogP contribution in [0.15, 0.2) is 65.2 Å². The van der Waals surface area contributed by atoms with Gasteiger partial charge < -0.3 is 14.3 Å². The minimum Gasteiger partial charge on any atom is -0.368 e. The molecule has 1 aliphatic rings. The molecule has 2 aromatic carbocycles. The Morgan fingerprint density at radius 1 is 0.774 bits per heavy atom. The van der Waals surface area contributed by atoms with Crippen molar-refractivity contribution >= 4 is 11.5 Å². The third kappa shape index (κ3) is 3.86. The highest BCUT2D eigenvalue weighted by molar-refractivity contribution is 5.59. The van der Waals surface area contributed by atoms with Gasteiger partial charge in [-0.2, -0.15) is 4.98 Å². The number of hydrogen-bond acceptors (Lipinski definition) is 7. The first kappa shape index (κ1) is 19.2. The number of aryl methyl sites for hydroxylation is 1. The zero-order valence-electron chi connectivity index (χ0n) is 17.7. The van der Waals surface area contributed by atoms with Gasteiger partial charge in [-0.1, -0.05) is 47.6 Å². The lowest BCUT2D eigenvalue weighted by Gasteiger charge is -2.37. The average Bonchev–Trinajstić information content (AvgIpc) is 3.32. The van der Waals surface area contributed by atoms with E-state index in [1.807, 2.05) is 42.5 Å². The summed E-state index contributed by atoms with van der Waals surface area (Å²) in [4.78, 5) is 9.17. The van der Waals surface area contributed by atoms with Gasteiger partial charge in [-0.25, -0.2) is 0 Å². The van der Waals surface area contributed by atoms with Gasteiger partial charge in [0, 0.05) is 37.4 Å². The van der Waals surface area contributed by atoms with Crippen LogP contribution in [0.2, 0.25) is 0 Å². The molecule has 7 nitrogen and oxygen atoms in total. The maximum Gasteiger partial charge on any atom is 0.278 e. The number of rotatable bonds is 4. The molecule has 3 heterocycles. The Bertz CT molecular complexity index is 1160. The zero-order valence-corrected chi connectivity index (χ0v) is 17.7. The van der Waals surface area contributed by atoms with Crippen LogP contribution in [-0.4, -0.2) is 46.5 Å². The fourth-order valence-corrected chi connectivity index (χ4v) is 3.89. The third-order valence-corrected chi connectivity index (χ3v) is 5.85. The molecular formula is C24H24N6O. The van der Waals surface area contributed by atoms with Crippen LogP contribution >= 0.6 is 0 Å². The summed E-state index contributed by atoms with van der Waals surface area (Å²) in [6.07, 6.45) is 0. The number of aromatic nitrogens is 4. The number of nitrogens with zero attached hydrogens (tertiary/aromatic N) is 6. The lowest BCUT2D eigenvalue weighted by Crippen LogP contribution is -2.47. The minimum atomic E-state index is 0.373. The molecule has 0 spiro atoms. The lowest BCUT2D eigenvalue weighted by molar-refractivity contribution is 0.430. The molecule has 0 amide bonds. The first-order valence-electron chi connectivity index (χ1n) is 10.5. The second kappa shape index (κ2) is 8.18. The van der Waals surface area contributed by atoms with Gasteiger partial charge in [-0.3, -0.25) is 0 Å². The minimum absolute atomic E-state index is 0.373. The summed E-state index contributed by atoms with van der Waals surface area (Å²) in [5, 5.41) is 12.8. The molecule has 0 atom stereocenters. The number of hydrogen-bond donors (Lipinski definition) is 0. The van der Waals surface area contributed by atoms with Crippen LogP contribution in [-0.2, 0) is 0 Å². The molecule has 4 aromatic rings. The molecule has 156 valence electrons. The number of anilines is 2. The van der Waals surface area contributed by atoms with E-state index >= 15 is 0 Å². The standard InChI is InChI=1S/C24H24N6O/c1-17-7-6-10-21(18(17)2)29-13-15-30(16-14-29)22-12-11-20(26-27-22)24-25-23(28-31-24)19-8-4-3-5-9-19/h3-12H,13-16H2,1-2H3. The summed E-state index contributed by atoms with van der Waals surface area (Å²) < 4.78 is 5.39. The van der Waals surface area contributed by atoms with E-state index in [4.69, 9.17) is 4.52 Å². The maximum absolute atomic E-state index is 5.39. The van der Waals surface area contributed by atoms with Gasteiger partial charge in [0.25, 0.3) is 5.89 Å². The van der Waals surface area contributed by atoms with Gasteiger partial charge in [0.15, 0.2) is 11.5 Å². The van der Waals surface area contributed by atoms with Crippen molar-refractivity contribution in [1.29, 1.82) is 0 Å². The Labute approximate surface area is 181 Å². The summed E-state index contributed by atoms with van der Waals surface area (Å²) in [5.74, 6) is 1.79. The molecule has 0 bridgehead atoms. The third-order valence-electron chi connectivity index (χ3n) is 5.85. The summed E-state index contributed by atoms with van der Waals surface area (Å²) >= 11 is 0. The molecule has 0 unspecified atom stereocenters. The molecule has 1 saturated heterocycles. The Kier molecular flexibility index (Phi) is 5.08. The second-order valence-corrected chi connectivity index (χ2v) is 7.76. The summed E-state index contributed by atoms with van der Waals surface area (Å²) in [5.41, 5.74) is 5.50. The fourth-order valence-electron chi connectivity index (χ4n) is 3.89. The lowest BCUT2D eigenvalue weighted by atomic mass is 10.1. The van der Waals surface area contributed by atoms with E-state index in [1.54, 1.807) is 0 Å². The van der Waals surface area contributed by atoms with Crippen molar-refractivity contribution < 1.29 is 4.52 Å². The van der Waals surface area contributed by atoms with E-state index in [2.05, 4.69) is 62.2 Å². The molecule has 2 aromatic heterocycles. The van der Waals surface area contributed by atoms with E-state index in [1.165, 1.54) is 16.8 Å². The fraction of sp³-hybridized carbons (Fsp3) is 0.250. The topological polar surface area (TPSA) is 71.2 Å². The predicted octanol–water partition coefficient (Wildman–Crippen LogP) is 4.14. The average molecular weight is 412 g/mol.